The molecule has 1 atom stereocenters. The summed E-state index contributed by atoms with van der Waals surface area (Å²) in [7, 11) is 0. The molecule has 0 N–H and O–H groups in total. The summed E-state index contributed by atoms with van der Waals surface area (Å²) in [6.45, 7) is 9.41. The van der Waals surface area contributed by atoms with Gasteiger partial charge in [-0.25, -0.2) is 0 Å². The summed E-state index contributed by atoms with van der Waals surface area (Å²) in [6, 6.07) is 0. The molecule has 0 amide bonds. The van der Waals surface area contributed by atoms with E-state index in [0.717, 1.165) is 0 Å². The molecular formula is C28H56N2. The van der Waals surface area contributed by atoms with Gasteiger partial charge in [0.05, 0.1) is 0 Å². The summed E-state index contributed by atoms with van der Waals surface area (Å²) >= 11 is 0. The molecule has 1 unspecified atom stereocenters. The highest BCUT2D eigenvalue weighted by molar-refractivity contribution is 4.96. The van der Waals surface area contributed by atoms with Crippen molar-refractivity contribution in [2.45, 2.75) is 155 Å². The topological polar surface area (TPSA) is 6.48 Å². The van der Waals surface area contributed by atoms with E-state index in [1.807, 2.05) is 0 Å². The minimum atomic E-state index is 0.644. The van der Waals surface area contributed by atoms with Crippen molar-refractivity contribution in [1.82, 2.24) is 9.80 Å². The molecule has 0 aromatic heterocycles. The minimum absolute atomic E-state index is 0.644. The van der Waals surface area contributed by atoms with Crippen LogP contribution in [0.5, 0.6) is 0 Å². The Morgan fingerprint density at radius 1 is 0.433 bits per heavy atom. The maximum Gasteiger partial charge on any atom is 0.101 e. The zero-order valence-corrected chi connectivity index (χ0v) is 21.2. The lowest BCUT2D eigenvalue weighted by atomic mass is 10.0. The van der Waals surface area contributed by atoms with Gasteiger partial charge in [-0.3, -0.25) is 0 Å². The molecule has 1 rings (SSSR count). The van der Waals surface area contributed by atoms with Crippen molar-refractivity contribution >= 4 is 0 Å². The summed E-state index contributed by atoms with van der Waals surface area (Å²) in [5.41, 5.74) is 0. The van der Waals surface area contributed by atoms with Crippen LogP contribution < -0.4 is 0 Å². The Kier molecular flexibility index (Phi) is 18.5. The summed E-state index contributed by atoms with van der Waals surface area (Å²) < 4.78 is 0. The SMILES string of the molecule is CCCCCCCCCCCCCCCC1N(CCCC)C=CN1CCCCCC. The van der Waals surface area contributed by atoms with Crippen molar-refractivity contribution in [3.63, 3.8) is 0 Å². The third kappa shape index (κ3) is 13.6. The van der Waals surface area contributed by atoms with Crippen molar-refractivity contribution in [2.24, 2.45) is 0 Å². The molecule has 1 heterocycles. The van der Waals surface area contributed by atoms with Crippen LogP contribution in [0, 0.1) is 0 Å². The predicted octanol–water partition coefficient (Wildman–Crippen LogP) is 9.26. The first-order chi connectivity index (χ1) is 14.8. The molecule has 1 aliphatic heterocycles. The third-order valence-electron chi connectivity index (χ3n) is 6.82. The molecule has 30 heavy (non-hydrogen) atoms. The van der Waals surface area contributed by atoms with Gasteiger partial charge in [-0.1, -0.05) is 124 Å². The molecule has 0 bridgehead atoms. The van der Waals surface area contributed by atoms with Crippen LogP contribution in [0.2, 0.25) is 0 Å². The van der Waals surface area contributed by atoms with Crippen LogP contribution >= 0.6 is 0 Å². The molecule has 0 aromatic rings. The Labute approximate surface area is 190 Å². The first-order valence-corrected chi connectivity index (χ1v) is 14.0. The van der Waals surface area contributed by atoms with Gasteiger partial charge in [0.25, 0.3) is 0 Å². The highest BCUT2D eigenvalue weighted by Gasteiger charge is 2.24. The van der Waals surface area contributed by atoms with Crippen molar-refractivity contribution in [3.05, 3.63) is 12.4 Å². The smallest absolute Gasteiger partial charge is 0.101 e. The summed E-state index contributed by atoms with van der Waals surface area (Å²) in [5, 5.41) is 0. The Hall–Kier alpha value is -0.660. The Bertz CT molecular complexity index is 379. The number of hydrogen-bond acceptors (Lipinski definition) is 2. The van der Waals surface area contributed by atoms with Gasteiger partial charge in [0.15, 0.2) is 0 Å². The number of unbranched alkanes of at least 4 members (excludes halogenated alkanes) is 16. The lowest BCUT2D eigenvalue weighted by molar-refractivity contribution is 0.136. The quantitative estimate of drug-likeness (QED) is 0.161. The maximum atomic E-state index is 2.64. The van der Waals surface area contributed by atoms with Gasteiger partial charge in [0.2, 0.25) is 0 Å². The first-order valence-electron chi connectivity index (χ1n) is 14.0. The molecule has 0 aromatic carbocycles. The Morgan fingerprint density at radius 2 is 0.800 bits per heavy atom. The van der Waals surface area contributed by atoms with Crippen LogP contribution in [0.3, 0.4) is 0 Å². The molecule has 0 saturated carbocycles. The third-order valence-corrected chi connectivity index (χ3v) is 6.82. The van der Waals surface area contributed by atoms with Gasteiger partial charge in [0, 0.05) is 25.5 Å². The second-order valence-corrected chi connectivity index (χ2v) is 9.70. The standard InChI is InChI=1S/C28H56N2/c1-4-7-10-12-13-14-15-16-17-18-19-20-21-23-28-29(24-9-6-3)26-27-30(28)25-22-11-8-5-2/h26-28H,4-25H2,1-3H3. The first kappa shape index (κ1) is 27.4. The average molecular weight is 421 g/mol. The highest BCUT2D eigenvalue weighted by atomic mass is 15.4. The molecule has 178 valence electrons. The van der Waals surface area contributed by atoms with Crippen molar-refractivity contribution < 1.29 is 0 Å². The van der Waals surface area contributed by atoms with E-state index in [1.54, 1.807) is 0 Å². The van der Waals surface area contributed by atoms with E-state index >= 15 is 0 Å². The lowest BCUT2D eigenvalue weighted by Crippen LogP contribution is -2.39. The second-order valence-electron chi connectivity index (χ2n) is 9.70. The molecule has 2 heteroatoms. The molecule has 0 fully saturated rings. The summed E-state index contributed by atoms with van der Waals surface area (Å²) in [5.74, 6) is 0. The van der Waals surface area contributed by atoms with Gasteiger partial charge in [0.1, 0.15) is 6.17 Å². The fourth-order valence-electron chi connectivity index (χ4n) is 4.75. The van der Waals surface area contributed by atoms with E-state index in [2.05, 4.69) is 43.0 Å². The number of nitrogens with zero attached hydrogens (tertiary/aromatic N) is 2. The van der Waals surface area contributed by atoms with Gasteiger partial charge >= 0.3 is 0 Å². The van der Waals surface area contributed by atoms with E-state index < -0.39 is 0 Å². The van der Waals surface area contributed by atoms with Gasteiger partial charge in [-0.05, 0) is 25.7 Å². The van der Waals surface area contributed by atoms with Gasteiger partial charge in [-0.15, -0.1) is 0 Å². The van der Waals surface area contributed by atoms with Crippen molar-refractivity contribution in [3.8, 4) is 0 Å². The van der Waals surface area contributed by atoms with E-state index in [0.29, 0.717) is 6.17 Å². The molecule has 0 spiro atoms. The molecule has 0 aliphatic carbocycles. The summed E-state index contributed by atoms with van der Waals surface area (Å²) in [4.78, 5) is 5.27. The van der Waals surface area contributed by atoms with Crippen LogP contribution in [-0.2, 0) is 0 Å². The zero-order chi connectivity index (χ0) is 21.7. The van der Waals surface area contributed by atoms with E-state index in [1.165, 1.54) is 142 Å². The maximum absolute atomic E-state index is 2.64. The van der Waals surface area contributed by atoms with Crippen LogP contribution in [0.4, 0.5) is 0 Å². The van der Waals surface area contributed by atoms with Crippen LogP contribution in [0.15, 0.2) is 12.4 Å². The average Bonchev–Trinajstić information content (AvgIpc) is 3.14. The molecule has 0 radical (unpaired) electrons. The van der Waals surface area contributed by atoms with E-state index in [9.17, 15) is 0 Å². The predicted molar refractivity (Wildman–Crippen MR) is 136 cm³/mol. The van der Waals surface area contributed by atoms with Gasteiger partial charge in [-0.2, -0.15) is 0 Å². The van der Waals surface area contributed by atoms with Gasteiger partial charge < -0.3 is 9.80 Å². The number of rotatable bonds is 22. The highest BCUT2D eigenvalue weighted by Crippen LogP contribution is 2.23. The normalized spacial score (nSPS) is 16.2. The monoisotopic (exact) mass is 420 g/mol. The largest absolute Gasteiger partial charge is 0.356 e. The lowest BCUT2D eigenvalue weighted by Gasteiger charge is -2.33. The van der Waals surface area contributed by atoms with E-state index in [-0.39, 0.29) is 0 Å². The van der Waals surface area contributed by atoms with Crippen molar-refractivity contribution in [2.75, 3.05) is 13.1 Å². The Balaban J connectivity index is 2.07. The number of hydrogen-bond donors (Lipinski definition) is 0. The Morgan fingerprint density at radius 3 is 1.27 bits per heavy atom. The summed E-state index contributed by atoms with van der Waals surface area (Å²) in [6.07, 6.45) is 33.7. The molecular weight excluding hydrogens is 364 g/mol. The molecule has 0 saturated heterocycles. The zero-order valence-electron chi connectivity index (χ0n) is 21.2. The fourth-order valence-corrected chi connectivity index (χ4v) is 4.75. The van der Waals surface area contributed by atoms with Crippen molar-refractivity contribution in [1.29, 1.82) is 0 Å². The van der Waals surface area contributed by atoms with Crippen LogP contribution in [0.25, 0.3) is 0 Å². The molecule has 1 aliphatic rings. The minimum Gasteiger partial charge on any atom is -0.356 e. The van der Waals surface area contributed by atoms with E-state index in [4.69, 9.17) is 0 Å². The fraction of sp³-hybridized carbons (Fsp3) is 0.929. The molecule has 2 nitrogen and oxygen atoms in total. The van der Waals surface area contributed by atoms with Crippen LogP contribution in [-0.4, -0.2) is 29.1 Å². The van der Waals surface area contributed by atoms with Crippen LogP contribution in [0.1, 0.15) is 149 Å². The second kappa shape index (κ2) is 20.3.